The van der Waals surface area contributed by atoms with E-state index in [1.54, 1.807) is 12.1 Å². The van der Waals surface area contributed by atoms with Crippen LogP contribution in [0.5, 0.6) is 0 Å². The summed E-state index contributed by atoms with van der Waals surface area (Å²) in [6.45, 7) is 7.12. The Morgan fingerprint density at radius 3 is 2.50 bits per heavy atom. The van der Waals surface area contributed by atoms with E-state index in [1.807, 2.05) is 13.0 Å². The van der Waals surface area contributed by atoms with Gasteiger partial charge in [-0.05, 0) is 25.1 Å². The van der Waals surface area contributed by atoms with Gasteiger partial charge in [-0.1, -0.05) is 44.0 Å². The largest absolute Gasteiger partial charge is 0.375 e. The van der Waals surface area contributed by atoms with Gasteiger partial charge in [-0.3, -0.25) is 4.79 Å². The van der Waals surface area contributed by atoms with E-state index >= 15 is 0 Å². The quantitative estimate of drug-likeness (QED) is 0.609. The summed E-state index contributed by atoms with van der Waals surface area (Å²) >= 11 is 6.69. The molecule has 5 heteroatoms. The van der Waals surface area contributed by atoms with Crippen LogP contribution in [0.2, 0.25) is 0 Å². The number of nitrogens with one attached hydrogen (secondary N) is 1. The average Bonchev–Trinajstić information content (AvgIpc) is 2.26. The summed E-state index contributed by atoms with van der Waals surface area (Å²) in [5.41, 5.74) is 1.58. The molecular weight excluding hydrogens is 362 g/mol. The van der Waals surface area contributed by atoms with Gasteiger partial charge in [0.05, 0.1) is 13.2 Å². The van der Waals surface area contributed by atoms with Gasteiger partial charge in [0.1, 0.15) is 0 Å². The van der Waals surface area contributed by atoms with Crippen LogP contribution in [0.25, 0.3) is 0 Å². The molecule has 1 amide bonds. The third kappa shape index (κ3) is 5.80. The molecule has 0 radical (unpaired) electrons. The van der Waals surface area contributed by atoms with Crippen molar-refractivity contribution in [3.05, 3.63) is 44.9 Å². The maximum absolute atomic E-state index is 11.8. The molecule has 0 atom stereocenters. The van der Waals surface area contributed by atoms with Crippen LogP contribution >= 0.6 is 31.9 Å². The van der Waals surface area contributed by atoms with Gasteiger partial charge in [0.25, 0.3) is 5.91 Å². The number of carbonyl (C=O) groups excluding carboxylic acids is 1. The number of halogens is 2. The van der Waals surface area contributed by atoms with Crippen molar-refractivity contribution < 1.29 is 9.53 Å². The van der Waals surface area contributed by atoms with Gasteiger partial charge in [-0.2, -0.15) is 0 Å². The Morgan fingerprint density at radius 2 is 1.94 bits per heavy atom. The van der Waals surface area contributed by atoms with Crippen LogP contribution < -0.4 is 5.32 Å². The van der Waals surface area contributed by atoms with Gasteiger partial charge in [-0.15, -0.1) is 0 Å². The fourth-order valence-electron chi connectivity index (χ4n) is 1.27. The molecule has 0 aliphatic rings. The molecule has 18 heavy (non-hydrogen) atoms. The lowest BCUT2D eigenvalue weighted by Crippen LogP contribution is -2.27. The number of benzene rings is 1. The minimum atomic E-state index is -0.115. The van der Waals surface area contributed by atoms with Crippen molar-refractivity contribution in [1.82, 2.24) is 5.32 Å². The van der Waals surface area contributed by atoms with Crippen LogP contribution in [0.15, 0.2) is 39.3 Å². The summed E-state index contributed by atoms with van der Waals surface area (Å²) in [6.07, 6.45) is 0. The number of carbonyl (C=O) groups is 1. The highest BCUT2D eigenvalue weighted by atomic mass is 79.9. The van der Waals surface area contributed by atoms with Crippen molar-refractivity contribution in [3.8, 4) is 0 Å². The molecule has 0 aromatic heterocycles. The minimum absolute atomic E-state index is 0.115. The summed E-state index contributed by atoms with van der Waals surface area (Å²) in [7, 11) is 0. The van der Waals surface area contributed by atoms with Crippen molar-refractivity contribution in [2.24, 2.45) is 0 Å². The van der Waals surface area contributed by atoms with Crippen molar-refractivity contribution in [3.63, 3.8) is 0 Å². The van der Waals surface area contributed by atoms with E-state index in [-0.39, 0.29) is 5.91 Å². The van der Waals surface area contributed by atoms with Gasteiger partial charge >= 0.3 is 0 Å². The topological polar surface area (TPSA) is 38.3 Å². The predicted molar refractivity (Wildman–Crippen MR) is 79.8 cm³/mol. The molecule has 1 aromatic rings. The molecule has 0 aliphatic carbocycles. The molecule has 1 aromatic carbocycles. The summed E-state index contributed by atoms with van der Waals surface area (Å²) < 4.78 is 7.02. The maximum atomic E-state index is 11.8. The monoisotopic (exact) mass is 375 g/mol. The summed E-state index contributed by atoms with van der Waals surface area (Å²) in [6, 6.07) is 5.43. The molecule has 0 heterocycles. The molecule has 0 unspecified atom stereocenters. The maximum Gasteiger partial charge on any atom is 0.251 e. The van der Waals surface area contributed by atoms with E-state index in [0.29, 0.717) is 25.3 Å². The zero-order valence-electron chi connectivity index (χ0n) is 10.1. The van der Waals surface area contributed by atoms with Crippen molar-refractivity contribution in [2.75, 3.05) is 19.8 Å². The second-order valence-corrected chi connectivity index (χ2v) is 5.76. The Morgan fingerprint density at radius 1 is 1.33 bits per heavy atom. The number of hydrogen-bond donors (Lipinski definition) is 1. The lowest BCUT2D eigenvalue weighted by molar-refractivity contribution is 0.0926. The molecule has 0 spiro atoms. The summed E-state index contributed by atoms with van der Waals surface area (Å²) in [5.74, 6) is -0.115. The standard InChI is InChI=1S/C13H15Br2NO2/c1-9(2)8-18-4-3-16-13(17)10-5-11(14)7-12(15)6-10/h5-7H,1,3-4,8H2,2H3,(H,16,17). The highest BCUT2D eigenvalue weighted by Gasteiger charge is 2.06. The molecule has 1 N–H and O–H groups in total. The van der Waals surface area contributed by atoms with E-state index in [1.165, 1.54) is 0 Å². The van der Waals surface area contributed by atoms with Crippen LogP contribution in [0.3, 0.4) is 0 Å². The highest BCUT2D eigenvalue weighted by Crippen LogP contribution is 2.19. The van der Waals surface area contributed by atoms with Gasteiger partial charge in [0.2, 0.25) is 0 Å². The molecule has 3 nitrogen and oxygen atoms in total. The van der Waals surface area contributed by atoms with E-state index < -0.39 is 0 Å². The third-order valence-corrected chi connectivity index (χ3v) is 2.92. The molecule has 98 valence electrons. The van der Waals surface area contributed by atoms with Gasteiger partial charge in [0, 0.05) is 21.1 Å². The second-order valence-electron chi connectivity index (χ2n) is 3.92. The van der Waals surface area contributed by atoms with Crippen LogP contribution in [-0.2, 0) is 4.74 Å². The molecule has 1 rings (SSSR count). The molecular formula is C13H15Br2NO2. The average molecular weight is 377 g/mol. The molecule has 0 fully saturated rings. The van der Waals surface area contributed by atoms with E-state index in [0.717, 1.165) is 14.5 Å². The van der Waals surface area contributed by atoms with Crippen LogP contribution in [0, 0.1) is 0 Å². The number of amides is 1. The van der Waals surface area contributed by atoms with Gasteiger partial charge in [0.15, 0.2) is 0 Å². The van der Waals surface area contributed by atoms with Crippen LogP contribution in [-0.4, -0.2) is 25.7 Å². The smallest absolute Gasteiger partial charge is 0.251 e. The van der Waals surface area contributed by atoms with Crippen LogP contribution in [0.1, 0.15) is 17.3 Å². The number of hydrogen-bond acceptors (Lipinski definition) is 2. The van der Waals surface area contributed by atoms with Crippen molar-refractivity contribution in [1.29, 1.82) is 0 Å². The zero-order chi connectivity index (χ0) is 13.5. The fourth-order valence-corrected chi connectivity index (χ4v) is 2.56. The Bertz CT molecular complexity index is 426. The zero-order valence-corrected chi connectivity index (χ0v) is 13.3. The first kappa shape index (κ1) is 15.4. The Kier molecular flexibility index (Phi) is 6.60. The SMILES string of the molecule is C=C(C)COCCNC(=O)c1cc(Br)cc(Br)c1. The van der Waals surface area contributed by atoms with Crippen LogP contribution in [0.4, 0.5) is 0 Å². The second kappa shape index (κ2) is 7.71. The number of ether oxygens (including phenoxy) is 1. The molecule has 0 saturated carbocycles. The Hall–Kier alpha value is -0.650. The predicted octanol–water partition coefficient (Wildman–Crippen LogP) is 3.53. The van der Waals surface area contributed by atoms with Gasteiger partial charge in [-0.25, -0.2) is 0 Å². The number of rotatable bonds is 6. The lowest BCUT2D eigenvalue weighted by Gasteiger charge is -2.07. The normalized spacial score (nSPS) is 10.2. The Balaban J connectivity index is 2.38. The first-order valence-corrected chi connectivity index (χ1v) is 7.04. The highest BCUT2D eigenvalue weighted by molar-refractivity contribution is 9.11. The summed E-state index contributed by atoms with van der Waals surface area (Å²) in [5, 5.41) is 2.79. The third-order valence-electron chi connectivity index (χ3n) is 2.01. The first-order chi connectivity index (χ1) is 8.49. The first-order valence-electron chi connectivity index (χ1n) is 5.45. The van der Waals surface area contributed by atoms with Crippen molar-refractivity contribution in [2.45, 2.75) is 6.92 Å². The molecule has 0 aliphatic heterocycles. The molecule has 0 bridgehead atoms. The van der Waals surface area contributed by atoms with Crippen molar-refractivity contribution >= 4 is 37.8 Å². The Labute approximate surface area is 124 Å². The van der Waals surface area contributed by atoms with E-state index in [4.69, 9.17) is 4.74 Å². The van der Waals surface area contributed by atoms with Gasteiger partial charge < -0.3 is 10.1 Å². The minimum Gasteiger partial charge on any atom is -0.375 e. The fraction of sp³-hybridized carbons (Fsp3) is 0.308. The molecule has 0 saturated heterocycles. The van der Waals surface area contributed by atoms with E-state index in [2.05, 4.69) is 43.8 Å². The summed E-state index contributed by atoms with van der Waals surface area (Å²) in [4.78, 5) is 11.8. The van der Waals surface area contributed by atoms with E-state index in [9.17, 15) is 4.79 Å². The lowest BCUT2D eigenvalue weighted by atomic mass is 10.2.